The summed E-state index contributed by atoms with van der Waals surface area (Å²) in [6.07, 6.45) is 0.195. The highest BCUT2D eigenvalue weighted by Crippen LogP contribution is 2.30. The second kappa shape index (κ2) is 7.06. The lowest BCUT2D eigenvalue weighted by Crippen LogP contribution is -2.28. The molecule has 1 aliphatic rings. The number of hydrogen-bond acceptors (Lipinski definition) is 2. The summed E-state index contributed by atoms with van der Waals surface area (Å²) in [5.41, 5.74) is 3.54. The van der Waals surface area contributed by atoms with E-state index in [9.17, 15) is 9.59 Å². The molecule has 0 spiro atoms. The van der Waals surface area contributed by atoms with Crippen LogP contribution >= 0.6 is 23.2 Å². The number of halogens is 2. The molecule has 0 aromatic heterocycles. The van der Waals surface area contributed by atoms with E-state index in [0.29, 0.717) is 22.3 Å². The van der Waals surface area contributed by atoms with Gasteiger partial charge in [0.05, 0.1) is 16.0 Å². The zero-order valence-corrected chi connectivity index (χ0v) is 15.5. The summed E-state index contributed by atoms with van der Waals surface area (Å²) >= 11 is 11.9. The summed E-state index contributed by atoms with van der Waals surface area (Å²) in [6.45, 7) is 4.32. The number of aryl methyl sites for hydroxylation is 2. The molecule has 2 aromatic carbocycles. The molecule has 1 saturated heterocycles. The topological polar surface area (TPSA) is 49.4 Å². The normalized spacial score (nSPS) is 17.0. The number of amides is 2. The van der Waals surface area contributed by atoms with Crippen molar-refractivity contribution in [3.05, 3.63) is 57.6 Å². The van der Waals surface area contributed by atoms with Crippen LogP contribution in [0.15, 0.2) is 36.4 Å². The lowest BCUT2D eigenvalue weighted by Gasteiger charge is -2.19. The van der Waals surface area contributed by atoms with Crippen molar-refractivity contribution < 1.29 is 9.59 Å². The number of benzene rings is 2. The van der Waals surface area contributed by atoms with Crippen LogP contribution in [0.25, 0.3) is 0 Å². The summed E-state index contributed by atoms with van der Waals surface area (Å²) < 4.78 is 0. The van der Waals surface area contributed by atoms with Crippen LogP contribution in [0, 0.1) is 19.8 Å². The predicted molar refractivity (Wildman–Crippen MR) is 101 cm³/mol. The molecule has 1 aliphatic heterocycles. The molecule has 0 aliphatic carbocycles. The molecular formula is C19H18Cl2N2O2. The summed E-state index contributed by atoms with van der Waals surface area (Å²) in [6, 6.07) is 10.9. The molecule has 0 saturated carbocycles. The Labute approximate surface area is 156 Å². The monoisotopic (exact) mass is 376 g/mol. The van der Waals surface area contributed by atoms with Gasteiger partial charge < -0.3 is 10.2 Å². The molecule has 2 amide bonds. The second-order valence-corrected chi connectivity index (χ2v) is 7.13. The number of hydrogen-bond donors (Lipinski definition) is 1. The third kappa shape index (κ3) is 3.80. The maximum absolute atomic E-state index is 12.5. The van der Waals surface area contributed by atoms with E-state index in [2.05, 4.69) is 5.32 Å². The summed E-state index contributed by atoms with van der Waals surface area (Å²) in [7, 11) is 0. The lowest BCUT2D eigenvalue weighted by atomic mass is 10.1. The van der Waals surface area contributed by atoms with Gasteiger partial charge in [0.1, 0.15) is 0 Å². The molecular weight excluding hydrogens is 359 g/mol. The first kappa shape index (κ1) is 17.8. The van der Waals surface area contributed by atoms with Crippen LogP contribution in [0.1, 0.15) is 17.5 Å². The minimum absolute atomic E-state index is 0.0389. The van der Waals surface area contributed by atoms with E-state index < -0.39 is 5.92 Å². The van der Waals surface area contributed by atoms with Crippen LogP contribution in [-0.4, -0.2) is 18.4 Å². The van der Waals surface area contributed by atoms with Crippen LogP contribution in [0.4, 0.5) is 11.4 Å². The van der Waals surface area contributed by atoms with Crippen LogP contribution in [-0.2, 0) is 9.59 Å². The van der Waals surface area contributed by atoms with Gasteiger partial charge >= 0.3 is 0 Å². The highest BCUT2D eigenvalue weighted by atomic mass is 35.5. The summed E-state index contributed by atoms with van der Waals surface area (Å²) in [5.74, 6) is -0.635. The van der Waals surface area contributed by atoms with Gasteiger partial charge in [-0.2, -0.15) is 0 Å². The van der Waals surface area contributed by atoms with Gasteiger partial charge in [-0.25, -0.2) is 0 Å². The van der Waals surface area contributed by atoms with E-state index in [0.717, 1.165) is 16.8 Å². The van der Waals surface area contributed by atoms with Crippen molar-refractivity contribution in [1.82, 2.24) is 0 Å². The number of anilines is 2. The molecule has 25 heavy (non-hydrogen) atoms. The Bertz CT molecular complexity index is 851. The van der Waals surface area contributed by atoms with Gasteiger partial charge in [-0.1, -0.05) is 35.3 Å². The summed E-state index contributed by atoms with van der Waals surface area (Å²) in [5, 5.41) is 3.61. The molecule has 1 heterocycles. The number of carbonyl (C=O) groups is 2. The average Bonchev–Trinajstić information content (AvgIpc) is 2.95. The fourth-order valence-electron chi connectivity index (χ4n) is 2.94. The zero-order valence-electron chi connectivity index (χ0n) is 14.0. The third-order valence-corrected chi connectivity index (χ3v) is 5.08. The minimum Gasteiger partial charge on any atom is -0.326 e. The fourth-order valence-corrected chi connectivity index (χ4v) is 3.24. The number of rotatable bonds is 3. The van der Waals surface area contributed by atoms with Crippen LogP contribution in [0.2, 0.25) is 10.0 Å². The highest BCUT2D eigenvalue weighted by molar-refractivity contribution is 6.42. The van der Waals surface area contributed by atoms with Crippen molar-refractivity contribution in [3.63, 3.8) is 0 Å². The first-order chi connectivity index (χ1) is 11.8. The van der Waals surface area contributed by atoms with E-state index >= 15 is 0 Å². The van der Waals surface area contributed by atoms with Crippen LogP contribution in [0.3, 0.4) is 0 Å². The largest absolute Gasteiger partial charge is 0.326 e. The Balaban J connectivity index is 1.74. The molecule has 0 unspecified atom stereocenters. The molecule has 2 aromatic rings. The zero-order chi connectivity index (χ0) is 18.1. The van der Waals surface area contributed by atoms with E-state index in [1.54, 1.807) is 23.1 Å². The Morgan fingerprint density at radius 2 is 1.88 bits per heavy atom. The van der Waals surface area contributed by atoms with Crippen molar-refractivity contribution in [3.8, 4) is 0 Å². The van der Waals surface area contributed by atoms with Crippen molar-refractivity contribution in [2.75, 3.05) is 16.8 Å². The van der Waals surface area contributed by atoms with Crippen molar-refractivity contribution in [2.45, 2.75) is 20.3 Å². The first-order valence-corrected chi connectivity index (χ1v) is 8.74. The molecule has 1 fully saturated rings. The maximum Gasteiger partial charge on any atom is 0.229 e. The number of nitrogens with one attached hydrogen (secondary N) is 1. The van der Waals surface area contributed by atoms with Gasteiger partial charge in [0.25, 0.3) is 0 Å². The standard InChI is InChI=1S/C19H18Cl2N2O2/c1-11-3-4-12(2)17(7-11)23-10-13(8-18(23)24)19(25)22-14-5-6-15(20)16(21)9-14/h3-7,9,13H,8,10H2,1-2H3,(H,22,25)/t13-/m1/s1. The molecule has 1 N–H and O–H groups in total. The van der Waals surface area contributed by atoms with Gasteiger partial charge in [-0.15, -0.1) is 0 Å². The quantitative estimate of drug-likeness (QED) is 0.850. The third-order valence-electron chi connectivity index (χ3n) is 4.34. The highest BCUT2D eigenvalue weighted by Gasteiger charge is 2.35. The first-order valence-electron chi connectivity index (χ1n) is 7.98. The molecule has 1 atom stereocenters. The van der Waals surface area contributed by atoms with Gasteiger partial charge in [0, 0.05) is 24.3 Å². The second-order valence-electron chi connectivity index (χ2n) is 6.31. The molecule has 0 radical (unpaired) electrons. The van der Waals surface area contributed by atoms with Crippen molar-refractivity contribution in [1.29, 1.82) is 0 Å². The van der Waals surface area contributed by atoms with Gasteiger partial charge in [-0.3, -0.25) is 9.59 Å². The summed E-state index contributed by atoms with van der Waals surface area (Å²) in [4.78, 5) is 26.6. The minimum atomic E-state index is -0.401. The van der Waals surface area contributed by atoms with Crippen molar-refractivity contribution in [2.24, 2.45) is 5.92 Å². The van der Waals surface area contributed by atoms with E-state index in [-0.39, 0.29) is 18.2 Å². The average molecular weight is 377 g/mol. The van der Waals surface area contributed by atoms with E-state index in [1.165, 1.54) is 0 Å². The predicted octanol–water partition coefficient (Wildman–Crippen LogP) is 4.60. The van der Waals surface area contributed by atoms with Gasteiger partial charge in [0.2, 0.25) is 11.8 Å². The molecule has 130 valence electrons. The number of nitrogens with zero attached hydrogens (tertiary/aromatic N) is 1. The smallest absolute Gasteiger partial charge is 0.229 e. The van der Waals surface area contributed by atoms with Crippen molar-refractivity contribution >= 4 is 46.4 Å². The molecule has 0 bridgehead atoms. The van der Waals surface area contributed by atoms with Crippen LogP contribution in [0.5, 0.6) is 0 Å². The Morgan fingerprint density at radius 3 is 2.60 bits per heavy atom. The number of carbonyl (C=O) groups excluding carboxylic acids is 2. The fraction of sp³-hybridized carbons (Fsp3) is 0.263. The van der Waals surface area contributed by atoms with Gasteiger partial charge in [0.15, 0.2) is 0 Å². The van der Waals surface area contributed by atoms with Crippen LogP contribution < -0.4 is 10.2 Å². The van der Waals surface area contributed by atoms with E-state index in [1.807, 2.05) is 32.0 Å². The Kier molecular flexibility index (Phi) is 5.02. The Hall–Kier alpha value is -2.04. The Morgan fingerprint density at radius 1 is 1.12 bits per heavy atom. The van der Waals surface area contributed by atoms with Gasteiger partial charge in [-0.05, 0) is 49.2 Å². The molecule has 3 rings (SSSR count). The maximum atomic E-state index is 12.5. The molecule has 6 heteroatoms. The van der Waals surface area contributed by atoms with E-state index in [4.69, 9.17) is 23.2 Å². The SMILES string of the molecule is Cc1ccc(C)c(N2C[C@H](C(=O)Nc3ccc(Cl)c(Cl)c3)CC2=O)c1. The lowest BCUT2D eigenvalue weighted by molar-refractivity contribution is -0.122. The molecule has 4 nitrogen and oxygen atoms in total.